The van der Waals surface area contributed by atoms with E-state index in [0.717, 1.165) is 31.6 Å². The molecule has 2 aromatic rings. The van der Waals surface area contributed by atoms with Gasteiger partial charge in [-0.3, -0.25) is 19.7 Å². The predicted molar refractivity (Wildman–Crippen MR) is 86.1 cm³/mol. The summed E-state index contributed by atoms with van der Waals surface area (Å²) >= 11 is 0. The Morgan fingerprint density at radius 3 is 2.74 bits per heavy atom. The van der Waals surface area contributed by atoms with Gasteiger partial charge < -0.3 is 4.52 Å². The van der Waals surface area contributed by atoms with Crippen LogP contribution in [0.15, 0.2) is 23.0 Å². The van der Waals surface area contributed by atoms with Crippen LogP contribution in [0.5, 0.6) is 0 Å². The molecule has 2 aromatic heterocycles. The molecule has 3 heterocycles. The minimum atomic E-state index is -0.185. The predicted octanol–water partition coefficient (Wildman–Crippen LogP) is 1.92. The molecule has 7 heteroatoms. The van der Waals surface area contributed by atoms with Gasteiger partial charge in [-0.15, -0.1) is 0 Å². The summed E-state index contributed by atoms with van der Waals surface area (Å²) in [5.41, 5.74) is 2.05. The minimum Gasteiger partial charge on any atom is -0.338 e. The van der Waals surface area contributed by atoms with Crippen LogP contribution in [0.1, 0.15) is 36.9 Å². The molecular weight excluding hydrogens is 294 g/mol. The molecule has 1 aliphatic rings. The van der Waals surface area contributed by atoms with Gasteiger partial charge in [0.15, 0.2) is 0 Å². The van der Waals surface area contributed by atoms with Crippen molar-refractivity contribution in [3.05, 3.63) is 29.7 Å². The van der Waals surface area contributed by atoms with Crippen LogP contribution in [0.4, 0.5) is 5.88 Å². The van der Waals surface area contributed by atoms with Gasteiger partial charge in [0, 0.05) is 19.3 Å². The zero-order chi connectivity index (χ0) is 16.4. The number of carbonyl (C=O) groups excluding carboxylic acids is 1. The fourth-order valence-electron chi connectivity index (χ4n) is 3.09. The van der Waals surface area contributed by atoms with E-state index >= 15 is 0 Å². The summed E-state index contributed by atoms with van der Waals surface area (Å²) in [6.07, 6.45) is 6.13. The maximum atomic E-state index is 12.3. The number of anilines is 1. The van der Waals surface area contributed by atoms with Gasteiger partial charge in [-0.25, -0.2) is 0 Å². The maximum absolute atomic E-state index is 12.3. The van der Waals surface area contributed by atoms with Crippen molar-refractivity contribution in [3.8, 4) is 0 Å². The zero-order valence-corrected chi connectivity index (χ0v) is 13.8. The molecule has 0 aromatic carbocycles. The topological polar surface area (TPSA) is 76.2 Å². The minimum absolute atomic E-state index is 0.0547. The highest BCUT2D eigenvalue weighted by Gasteiger charge is 2.28. The lowest BCUT2D eigenvalue weighted by atomic mass is 9.91. The van der Waals surface area contributed by atoms with Gasteiger partial charge in [0.1, 0.15) is 0 Å². The summed E-state index contributed by atoms with van der Waals surface area (Å²) in [5.74, 6) is 0.887. The molecule has 1 unspecified atom stereocenters. The third kappa shape index (κ3) is 3.61. The van der Waals surface area contributed by atoms with Crippen molar-refractivity contribution < 1.29 is 9.32 Å². The van der Waals surface area contributed by atoms with E-state index in [2.05, 4.69) is 26.7 Å². The van der Waals surface area contributed by atoms with Crippen LogP contribution in [0.2, 0.25) is 0 Å². The average molecular weight is 317 g/mol. The number of nitrogens with one attached hydrogen (secondary N) is 1. The third-order valence-electron chi connectivity index (χ3n) is 4.53. The van der Waals surface area contributed by atoms with Gasteiger partial charge >= 0.3 is 0 Å². The summed E-state index contributed by atoms with van der Waals surface area (Å²) in [6, 6.07) is 1.54. The van der Waals surface area contributed by atoms with Crippen molar-refractivity contribution in [1.29, 1.82) is 0 Å². The van der Waals surface area contributed by atoms with E-state index in [4.69, 9.17) is 4.52 Å². The molecule has 0 radical (unpaired) electrons. The van der Waals surface area contributed by atoms with Gasteiger partial charge in [0.25, 0.3) is 0 Å². The summed E-state index contributed by atoms with van der Waals surface area (Å²) in [5, 5.41) is 10.8. The van der Waals surface area contributed by atoms with Crippen molar-refractivity contribution in [3.63, 3.8) is 0 Å². The largest absolute Gasteiger partial charge is 0.338 e. The number of aromatic nitrogens is 3. The maximum Gasteiger partial charge on any atom is 0.243 e. The molecule has 1 aliphatic heterocycles. The first-order valence-corrected chi connectivity index (χ1v) is 7.99. The Kier molecular flexibility index (Phi) is 4.47. The number of carbonyl (C=O) groups is 1. The van der Waals surface area contributed by atoms with Crippen LogP contribution in [0, 0.1) is 6.92 Å². The van der Waals surface area contributed by atoms with Crippen LogP contribution in [0.3, 0.4) is 0 Å². The molecule has 3 rings (SSSR count). The Hall–Kier alpha value is -2.15. The number of rotatable bonds is 4. The van der Waals surface area contributed by atoms with E-state index in [1.165, 1.54) is 5.56 Å². The first kappa shape index (κ1) is 15.7. The molecule has 1 atom stereocenters. The fraction of sp³-hybridized carbons (Fsp3) is 0.562. The van der Waals surface area contributed by atoms with Crippen molar-refractivity contribution in [2.45, 2.75) is 38.6 Å². The van der Waals surface area contributed by atoms with Gasteiger partial charge in [0.05, 0.1) is 17.9 Å². The molecule has 1 N–H and O–H groups in total. The summed E-state index contributed by atoms with van der Waals surface area (Å²) in [6.45, 7) is 5.57. The lowest BCUT2D eigenvalue weighted by molar-refractivity contribution is -0.121. The molecule has 0 saturated carbocycles. The van der Waals surface area contributed by atoms with E-state index in [0.29, 0.717) is 11.8 Å². The van der Waals surface area contributed by atoms with Crippen LogP contribution in [0.25, 0.3) is 0 Å². The lowest BCUT2D eigenvalue weighted by Gasteiger charge is -2.34. The van der Waals surface area contributed by atoms with Crippen molar-refractivity contribution in [1.82, 2.24) is 19.8 Å². The second-order valence-electron chi connectivity index (χ2n) is 6.26. The summed E-state index contributed by atoms with van der Waals surface area (Å²) < 4.78 is 6.88. The van der Waals surface area contributed by atoms with Crippen molar-refractivity contribution in [2.24, 2.45) is 7.05 Å². The van der Waals surface area contributed by atoms with Gasteiger partial charge in [-0.2, -0.15) is 5.10 Å². The van der Waals surface area contributed by atoms with E-state index in [9.17, 15) is 4.79 Å². The quantitative estimate of drug-likeness (QED) is 0.932. The standard InChI is InChI=1S/C16H23N5O2/c1-11-8-15(23-19-11)18-16(22)12(2)21-6-4-13(5-7-21)14-9-17-20(3)10-14/h8-10,12-13H,4-7H2,1-3H3,(H,18,22). The Bertz CT molecular complexity index is 670. The highest BCUT2D eigenvalue weighted by Crippen LogP contribution is 2.28. The SMILES string of the molecule is Cc1cc(NC(=O)C(C)N2CCC(c3cnn(C)c3)CC2)on1. The molecule has 1 amide bonds. The van der Waals surface area contributed by atoms with Crippen LogP contribution in [-0.4, -0.2) is 44.9 Å². The first-order valence-electron chi connectivity index (χ1n) is 7.99. The number of piperidine rings is 1. The Balaban J connectivity index is 1.53. The highest BCUT2D eigenvalue weighted by atomic mass is 16.5. The molecule has 0 spiro atoms. The first-order chi connectivity index (χ1) is 11.0. The second-order valence-corrected chi connectivity index (χ2v) is 6.26. The van der Waals surface area contributed by atoms with E-state index in [1.807, 2.05) is 31.8 Å². The van der Waals surface area contributed by atoms with Crippen LogP contribution >= 0.6 is 0 Å². The normalized spacial score (nSPS) is 18.0. The highest BCUT2D eigenvalue weighted by molar-refractivity contribution is 5.93. The molecule has 0 aliphatic carbocycles. The molecule has 1 fully saturated rings. The lowest BCUT2D eigenvalue weighted by Crippen LogP contribution is -2.45. The smallest absolute Gasteiger partial charge is 0.243 e. The molecule has 7 nitrogen and oxygen atoms in total. The number of hydrogen-bond donors (Lipinski definition) is 1. The van der Waals surface area contributed by atoms with E-state index < -0.39 is 0 Å². The van der Waals surface area contributed by atoms with Crippen molar-refractivity contribution >= 4 is 11.8 Å². The van der Waals surface area contributed by atoms with Gasteiger partial charge in [0.2, 0.25) is 11.8 Å². The average Bonchev–Trinajstić information content (AvgIpc) is 3.15. The number of aryl methyl sites for hydroxylation is 2. The van der Waals surface area contributed by atoms with Crippen molar-refractivity contribution in [2.75, 3.05) is 18.4 Å². The molecule has 23 heavy (non-hydrogen) atoms. The van der Waals surface area contributed by atoms with E-state index in [-0.39, 0.29) is 11.9 Å². The summed E-state index contributed by atoms with van der Waals surface area (Å²) in [4.78, 5) is 14.5. The van der Waals surface area contributed by atoms with Gasteiger partial charge in [-0.1, -0.05) is 5.16 Å². The van der Waals surface area contributed by atoms with Gasteiger partial charge in [-0.05, 0) is 51.3 Å². The molecular formula is C16H23N5O2. The molecule has 1 saturated heterocycles. The molecule has 0 bridgehead atoms. The third-order valence-corrected chi connectivity index (χ3v) is 4.53. The Morgan fingerprint density at radius 1 is 1.43 bits per heavy atom. The Labute approximate surface area is 135 Å². The number of likely N-dealkylation sites (tertiary alicyclic amines) is 1. The number of hydrogen-bond acceptors (Lipinski definition) is 5. The monoisotopic (exact) mass is 317 g/mol. The van der Waals surface area contributed by atoms with E-state index in [1.54, 1.807) is 6.07 Å². The van der Waals surface area contributed by atoms with Crippen LogP contribution < -0.4 is 5.32 Å². The Morgan fingerprint density at radius 2 is 2.17 bits per heavy atom. The number of amides is 1. The molecule has 124 valence electrons. The summed E-state index contributed by atoms with van der Waals surface area (Å²) in [7, 11) is 1.94. The van der Waals surface area contributed by atoms with Crippen LogP contribution in [-0.2, 0) is 11.8 Å². The fourth-order valence-corrected chi connectivity index (χ4v) is 3.09. The number of nitrogens with zero attached hydrogens (tertiary/aromatic N) is 4. The second kappa shape index (κ2) is 6.54. The zero-order valence-electron chi connectivity index (χ0n) is 13.8.